The minimum atomic E-state index is -1.43. The molecule has 12 heavy (non-hydrogen) atoms. The molecule has 0 saturated heterocycles. The van der Waals surface area contributed by atoms with Crippen molar-refractivity contribution in [2.45, 2.75) is 19.6 Å². The Bertz CT molecular complexity index is 249. The van der Waals surface area contributed by atoms with E-state index in [9.17, 15) is 0 Å². The highest BCUT2D eigenvalue weighted by Gasteiger charge is 2.14. The lowest BCUT2D eigenvalue weighted by atomic mass is 10.7. The second-order valence-electron chi connectivity index (χ2n) is 3.61. The summed E-state index contributed by atoms with van der Waals surface area (Å²) in [5.41, 5.74) is 0. The van der Waals surface area contributed by atoms with Crippen LogP contribution in [0.5, 0.6) is 0 Å². The highest BCUT2D eigenvalue weighted by molar-refractivity contribution is 6.75. The van der Waals surface area contributed by atoms with Crippen LogP contribution in [0.4, 0.5) is 0 Å². The number of nitrogens with zero attached hydrogens (tertiary/aromatic N) is 2. The molecule has 0 aromatic rings. The quantitative estimate of drug-likeness (QED) is 0.591. The van der Waals surface area contributed by atoms with E-state index < -0.39 is 8.24 Å². The van der Waals surface area contributed by atoms with Crippen molar-refractivity contribution in [2.75, 3.05) is 0 Å². The zero-order valence-electron chi connectivity index (χ0n) is 7.68. The molecule has 0 atom stereocenters. The fourth-order valence-corrected chi connectivity index (χ4v) is 1.50. The minimum absolute atomic E-state index is 0.665. The summed E-state index contributed by atoms with van der Waals surface area (Å²) < 4.78 is 4.46. The van der Waals surface area contributed by atoms with Crippen LogP contribution in [0, 0.1) is 0 Å². The van der Waals surface area contributed by atoms with Gasteiger partial charge in [-0.15, -0.1) is 0 Å². The van der Waals surface area contributed by atoms with Crippen molar-refractivity contribution in [3.8, 4) is 0 Å². The topological polar surface area (TPSA) is 48.8 Å². The number of nitrogens with one attached hydrogen (secondary N) is 2. The van der Waals surface area contributed by atoms with Crippen molar-refractivity contribution in [2.24, 2.45) is 9.65 Å². The van der Waals surface area contributed by atoms with Crippen LogP contribution in [0.3, 0.4) is 0 Å². The molecule has 0 bridgehead atoms. The lowest BCUT2D eigenvalue weighted by Crippen LogP contribution is -2.36. The van der Waals surface area contributed by atoms with Crippen LogP contribution < -0.4 is 10.6 Å². The maximum Gasteiger partial charge on any atom is 0.215 e. The lowest BCUT2D eigenvalue weighted by Gasteiger charge is -2.16. The van der Waals surface area contributed by atoms with Crippen LogP contribution >= 0.6 is 0 Å². The molecule has 0 unspecified atom stereocenters. The third-order valence-corrected chi connectivity index (χ3v) is 2.01. The monoisotopic (exact) mass is 182 g/mol. The highest BCUT2D eigenvalue weighted by Crippen LogP contribution is 2.03. The molecule has 0 fully saturated rings. The van der Waals surface area contributed by atoms with E-state index in [2.05, 4.69) is 46.5 Å². The van der Waals surface area contributed by atoms with Crippen LogP contribution in [-0.2, 0) is 0 Å². The first-order chi connectivity index (χ1) is 5.47. The van der Waals surface area contributed by atoms with E-state index in [0.29, 0.717) is 5.96 Å². The summed E-state index contributed by atoms with van der Waals surface area (Å²) >= 11 is 0. The van der Waals surface area contributed by atoms with Crippen molar-refractivity contribution in [1.29, 1.82) is 0 Å². The van der Waals surface area contributed by atoms with Gasteiger partial charge in [-0.05, 0) is 19.6 Å². The van der Waals surface area contributed by atoms with E-state index >= 15 is 0 Å². The van der Waals surface area contributed by atoms with Crippen LogP contribution in [0.2, 0.25) is 19.6 Å². The molecule has 4 nitrogen and oxygen atoms in total. The van der Waals surface area contributed by atoms with E-state index in [1.54, 1.807) is 6.34 Å². The summed E-state index contributed by atoms with van der Waals surface area (Å²) in [5, 5.41) is 5.79. The molecule has 0 aromatic carbocycles. The Balaban J connectivity index is 2.76. The molecule has 0 saturated carbocycles. The molecule has 1 aliphatic heterocycles. The second kappa shape index (κ2) is 3.10. The summed E-state index contributed by atoms with van der Waals surface area (Å²) in [6, 6.07) is 0. The van der Waals surface area contributed by atoms with Crippen LogP contribution in [0.1, 0.15) is 0 Å². The van der Waals surface area contributed by atoms with Gasteiger partial charge < -0.3 is 10.6 Å². The first-order valence-electron chi connectivity index (χ1n) is 3.82. The molecule has 0 amide bonds. The van der Waals surface area contributed by atoms with E-state index in [1.807, 2.05) is 0 Å². The molecular weight excluding hydrogens is 168 g/mol. The minimum Gasteiger partial charge on any atom is -0.333 e. The van der Waals surface area contributed by atoms with Gasteiger partial charge in [0, 0.05) is 0 Å². The number of hydrogen-bond donors (Lipinski definition) is 2. The van der Waals surface area contributed by atoms with Crippen LogP contribution in [0.15, 0.2) is 22.1 Å². The third kappa shape index (κ3) is 2.87. The van der Waals surface area contributed by atoms with Crippen molar-refractivity contribution < 1.29 is 0 Å². The molecule has 0 aliphatic carbocycles. The van der Waals surface area contributed by atoms with Gasteiger partial charge in [0.2, 0.25) is 5.96 Å². The Morgan fingerprint density at radius 3 is 2.67 bits per heavy atom. The lowest BCUT2D eigenvalue weighted by molar-refractivity contribution is 0.965. The number of rotatable bonds is 1. The Morgan fingerprint density at radius 1 is 1.50 bits per heavy atom. The second-order valence-corrected chi connectivity index (χ2v) is 8.18. The predicted molar refractivity (Wildman–Crippen MR) is 54.7 cm³/mol. The van der Waals surface area contributed by atoms with Gasteiger partial charge in [0.25, 0.3) is 0 Å². The average molecular weight is 182 g/mol. The fraction of sp³-hybridized carbons (Fsp3) is 0.429. The van der Waals surface area contributed by atoms with Gasteiger partial charge in [-0.1, -0.05) is 6.58 Å². The van der Waals surface area contributed by atoms with Gasteiger partial charge in [0.05, 0.1) is 6.34 Å². The van der Waals surface area contributed by atoms with E-state index in [1.165, 1.54) is 0 Å². The van der Waals surface area contributed by atoms with Crippen molar-refractivity contribution in [3.63, 3.8) is 0 Å². The van der Waals surface area contributed by atoms with Gasteiger partial charge in [0.1, 0.15) is 5.82 Å². The van der Waals surface area contributed by atoms with Gasteiger partial charge in [-0.2, -0.15) is 0 Å². The Labute approximate surface area is 73.6 Å². The molecule has 66 valence electrons. The fourth-order valence-electron chi connectivity index (χ4n) is 0.749. The van der Waals surface area contributed by atoms with Gasteiger partial charge in [-0.25, -0.2) is 4.99 Å². The van der Waals surface area contributed by atoms with Crippen molar-refractivity contribution in [3.05, 3.63) is 12.4 Å². The van der Waals surface area contributed by atoms with Crippen molar-refractivity contribution >= 4 is 20.5 Å². The Morgan fingerprint density at radius 2 is 2.17 bits per heavy atom. The zero-order chi connectivity index (χ0) is 9.19. The molecule has 1 rings (SSSR count). The highest BCUT2D eigenvalue weighted by atomic mass is 28.3. The maximum atomic E-state index is 4.46. The predicted octanol–water partition coefficient (Wildman–Crippen LogP) is 0.870. The molecule has 5 heteroatoms. The number of guanidine groups is 1. The van der Waals surface area contributed by atoms with E-state index in [0.717, 1.165) is 5.82 Å². The smallest absolute Gasteiger partial charge is 0.215 e. The first-order valence-corrected chi connectivity index (χ1v) is 7.27. The first kappa shape index (κ1) is 8.99. The van der Waals surface area contributed by atoms with Crippen LogP contribution in [0.25, 0.3) is 0 Å². The SMILES string of the molecule is C=C1NC=N/C(=N/[Si](C)(C)C)N1. The molecule has 1 aliphatic rings. The zero-order valence-corrected chi connectivity index (χ0v) is 8.68. The molecule has 2 N–H and O–H groups in total. The van der Waals surface area contributed by atoms with Crippen molar-refractivity contribution in [1.82, 2.24) is 10.6 Å². The standard InChI is InChI=1S/C7H14N4Si/c1-6-8-5-9-7(10-6)11-12(2,3)4/h5H,1H2,2-4H3,(H2,8,9,10,11). The largest absolute Gasteiger partial charge is 0.333 e. The van der Waals surface area contributed by atoms with Gasteiger partial charge >= 0.3 is 0 Å². The molecule has 0 radical (unpaired) electrons. The summed E-state index contributed by atoms with van der Waals surface area (Å²) in [6.45, 7) is 10.2. The summed E-state index contributed by atoms with van der Waals surface area (Å²) in [7, 11) is -1.43. The molecule has 0 spiro atoms. The number of aliphatic imine (C=N–C) groups is 1. The third-order valence-electron chi connectivity index (χ3n) is 1.13. The summed E-state index contributed by atoms with van der Waals surface area (Å²) in [4.78, 5) is 4.04. The molecule has 0 aromatic heterocycles. The summed E-state index contributed by atoms with van der Waals surface area (Å²) in [6.07, 6.45) is 1.60. The summed E-state index contributed by atoms with van der Waals surface area (Å²) in [5.74, 6) is 1.39. The number of hydrogen-bond acceptors (Lipinski definition) is 2. The van der Waals surface area contributed by atoms with E-state index in [-0.39, 0.29) is 0 Å². The molecule has 1 heterocycles. The van der Waals surface area contributed by atoms with Gasteiger partial charge in [-0.3, -0.25) is 4.66 Å². The van der Waals surface area contributed by atoms with E-state index in [4.69, 9.17) is 0 Å². The maximum absolute atomic E-state index is 4.46. The van der Waals surface area contributed by atoms with Crippen LogP contribution in [-0.4, -0.2) is 20.5 Å². The van der Waals surface area contributed by atoms with Gasteiger partial charge in [0.15, 0.2) is 8.24 Å². The Hall–Kier alpha value is -1.10. The Kier molecular flexibility index (Phi) is 2.32. The average Bonchev–Trinajstić information content (AvgIpc) is 1.82. The molecular formula is C7H14N4Si. The normalized spacial score (nSPS) is 20.6.